The van der Waals surface area contributed by atoms with Gasteiger partial charge in [0.05, 0.1) is 22.8 Å². The molecule has 0 saturated carbocycles. The molecule has 0 saturated heterocycles. The molecule has 8 heteroatoms. The van der Waals surface area contributed by atoms with Crippen molar-refractivity contribution in [1.29, 1.82) is 0 Å². The molecule has 0 spiro atoms. The van der Waals surface area contributed by atoms with Crippen LogP contribution in [0.15, 0.2) is 0 Å². The van der Waals surface area contributed by atoms with Crippen molar-refractivity contribution in [2.24, 2.45) is 10.8 Å². The molecule has 0 heterocycles. The van der Waals surface area contributed by atoms with Crippen LogP contribution in [0.25, 0.3) is 0 Å². The Labute approximate surface area is 128 Å². The van der Waals surface area contributed by atoms with Gasteiger partial charge in [-0.15, -0.1) is 0 Å². The summed E-state index contributed by atoms with van der Waals surface area (Å²) in [5, 5.41) is 22.1. The fourth-order valence-electron chi connectivity index (χ4n) is 1.05. The number of carbonyl (C=O) groups excluding carboxylic acids is 4. The van der Waals surface area contributed by atoms with Crippen molar-refractivity contribution < 1.29 is 38.9 Å². The van der Waals surface area contributed by atoms with E-state index < -0.39 is 46.9 Å². The number of carboxylic acid groups (broad SMARTS) is 2. The molecule has 0 rings (SSSR count). The normalized spacial score (nSPS) is 14.6. The molecule has 8 nitrogen and oxygen atoms in total. The predicted octanol–water partition coefficient (Wildman–Crippen LogP) is -1.60. The van der Waals surface area contributed by atoms with Crippen molar-refractivity contribution in [2.75, 3.05) is 0 Å². The summed E-state index contributed by atoms with van der Waals surface area (Å²) in [6.45, 7) is 8.65. The lowest BCUT2D eigenvalue weighted by atomic mass is 9.96. The second-order valence-electron chi connectivity index (χ2n) is 6.79. The number of ether oxygens (including phenoxy) is 2. The summed E-state index contributed by atoms with van der Waals surface area (Å²) in [7, 11) is 0. The van der Waals surface area contributed by atoms with Gasteiger partial charge in [-0.2, -0.15) is 0 Å². The zero-order valence-electron chi connectivity index (χ0n) is 13.4. The molecule has 0 amide bonds. The monoisotopic (exact) mass is 316 g/mol. The molecule has 0 aliphatic heterocycles. The van der Waals surface area contributed by atoms with Crippen molar-refractivity contribution in [3.05, 3.63) is 0 Å². The van der Waals surface area contributed by atoms with E-state index in [4.69, 9.17) is 0 Å². The molecule has 0 fully saturated rings. The third kappa shape index (κ3) is 5.71. The van der Waals surface area contributed by atoms with Gasteiger partial charge in [-0.05, 0) is 41.5 Å². The van der Waals surface area contributed by atoms with Crippen LogP contribution < -0.4 is 10.2 Å². The van der Waals surface area contributed by atoms with E-state index in [1.165, 1.54) is 41.5 Å². The topological polar surface area (TPSA) is 133 Å². The van der Waals surface area contributed by atoms with Crippen molar-refractivity contribution in [1.82, 2.24) is 0 Å². The minimum absolute atomic E-state index is 0.986. The van der Waals surface area contributed by atoms with Crippen LogP contribution in [0.5, 0.6) is 0 Å². The van der Waals surface area contributed by atoms with Crippen LogP contribution in [-0.4, -0.2) is 36.1 Å². The Kier molecular flexibility index (Phi) is 6.11. The van der Waals surface area contributed by atoms with Crippen LogP contribution in [0.4, 0.5) is 0 Å². The van der Waals surface area contributed by atoms with Crippen LogP contribution in [0.2, 0.25) is 0 Å². The first-order valence-electron chi connectivity index (χ1n) is 6.52. The molecule has 0 aromatic carbocycles. The lowest BCUT2D eigenvalue weighted by molar-refractivity contribution is -0.335. The average Bonchev–Trinajstić information content (AvgIpc) is 2.29. The van der Waals surface area contributed by atoms with Gasteiger partial charge >= 0.3 is 11.9 Å². The van der Waals surface area contributed by atoms with E-state index in [0.29, 0.717) is 0 Å². The Morgan fingerprint density at radius 2 is 0.909 bits per heavy atom. The summed E-state index contributed by atoms with van der Waals surface area (Å²) >= 11 is 0. The summed E-state index contributed by atoms with van der Waals surface area (Å²) < 4.78 is 9.23. The van der Waals surface area contributed by atoms with Gasteiger partial charge in [-0.1, -0.05) is 0 Å². The molecule has 0 aromatic heterocycles. The first-order valence-corrected chi connectivity index (χ1v) is 6.52. The Balaban J connectivity index is 5.39. The fraction of sp³-hybridized carbons (Fsp3) is 0.714. The Hall–Kier alpha value is -2.12. The molecular formula is C14H20O8-2. The molecule has 0 unspecified atom stereocenters. The lowest BCUT2D eigenvalue weighted by Gasteiger charge is -2.31. The second kappa shape index (κ2) is 6.76. The molecule has 0 aromatic rings. The Morgan fingerprint density at radius 3 is 1.05 bits per heavy atom. The van der Waals surface area contributed by atoms with Crippen LogP contribution in [0.1, 0.15) is 41.5 Å². The summed E-state index contributed by atoms with van der Waals surface area (Å²) in [4.78, 5) is 45.6. The van der Waals surface area contributed by atoms with Gasteiger partial charge in [0.25, 0.3) is 0 Å². The van der Waals surface area contributed by atoms with E-state index in [1.54, 1.807) is 0 Å². The maximum Gasteiger partial charge on any atom is 0.312 e. The van der Waals surface area contributed by atoms with Crippen molar-refractivity contribution >= 4 is 23.9 Å². The lowest BCUT2D eigenvalue weighted by Crippen LogP contribution is -2.56. The summed E-state index contributed by atoms with van der Waals surface area (Å²) in [5.74, 6) is -5.98. The maximum absolute atomic E-state index is 11.7. The van der Waals surface area contributed by atoms with Crippen LogP contribution in [0.3, 0.4) is 0 Å². The van der Waals surface area contributed by atoms with Gasteiger partial charge < -0.3 is 29.3 Å². The predicted molar refractivity (Wildman–Crippen MR) is 68.7 cm³/mol. The van der Waals surface area contributed by atoms with E-state index in [1.807, 2.05) is 0 Å². The Bertz CT molecular complexity index is 422. The zero-order valence-corrected chi connectivity index (χ0v) is 13.4. The highest BCUT2D eigenvalue weighted by Gasteiger charge is 2.36. The third-order valence-corrected chi connectivity index (χ3v) is 2.43. The van der Waals surface area contributed by atoms with E-state index in [-0.39, 0.29) is 0 Å². The fourth-order valence-corrected chi connectivity index (χ4v) is 1.05. The highest BCUT2D eigenvalue weighted by atomic mass is 16.6. The first kappa shape index (κ1) is 19.9. The number of carboxylic acids is 2. The number of hydrogen-bond donors (Lipinski definition) is 0. The first-order chi connectivity index (χ1) is 9.67. The highest BCUT2D eigenvalue weighted by Crippen LogP contribution is 2.21. The minimum atomic E-state index is -2.30. The largest absolute Gasteiger partial charge is 0.546 e. The van der Waals surface area contributed by atoms with Crippen LogP contribution >= 0.6 is 0 Å². The van der Waals surface area contributed by atoms with Gasteiger partial charge in [-0.3, -0.25) is 9.59 Å². The van der Waals surface area contributed by atoms with Crippen molar-refractivity contribution in [2.45, 2.75) is 53.8 Å². The van der Waals surface area contributed by atoms with Gasteiger partial charge in [0.15, 0.2) is 12.2 Å². The standard InChI is InChI=1S/C14H22O8/c1-13(2,3)11(19)21-7(9(15)16)8(10(17)18)22-12(20)14(4,5)6/h7-8H,1-6H3,(H,15,16)(H,17,18)/p-2/t7-,8-/m0/s1. The summed E-state index contributed by atoms with van der Waals surface area (Å²) in [6, 6.07) is 0. The molecule has 22 heavy (non-hydrogen) atoms. The maximum atomic E-state index is 11.7. The van der Waals surface area contributed by atoms with E-state index >= 15 is 0 Å². The van der Waals surface area contributed by atoms with Crippen molar-refractivity contribution in [3.63, 3.8) is 0 Å². The average molecular weight is 316 g/mol. The molecule has 0 N–H and O–H groups in total. The highest BCUT2D eigenvalue weighted by molar-refractivity contribution is 5.87. The number of esters is 2. The summed E-state index contributed by atoms with van der Waals surface area (Å²) in [6.07, 6.45) is -4.61. The van der Waals surface area contributed by atoms with Gasteiger partial charge in [0.1, 0.15) is 0 Å². The molecule has 2 atom stereocenters. The van der Waals surface area contributed by atoms with Crippen LogP contribution in [-0.2, 0) is 28.7 Å². The van der Waals surface area contributed by atoms with E-state index in [2.05, 4.69) is 9.47 Å². The second-order valence-corrected chi connectivity index (χ2v) is 6.79. The van der Waals surface area contributed by atoms with Gasteiger partial charge in [-0.25, -0.2) is 0 Å². The SMILES string of the molecule is CC(C)(C)C(=O)O[C@H](C(=O)[O-])[C@H](OC(=O)C(C)(C)C)C(=O)[O-]. The molecule has 0 radical (unpaired) electrons. The van der Waals surface area contributed by atoms with E-state index in [9.17, 15) is 29.4 Å². The van der Waals surface area contributed by atoms with Gasteiger partial charge in [0, 0.05) is 0 Å². The number of aliphatic carboxylic acids is 2. The third-order valence-electron chi connectivity index (χ3n) is 2.43. The van der Waals surface area contributed by atoms with E-state index in [0.717, 1.165) is 0 Å². The summed E-state index contributed by atoms with van der Waals surface area (Å²) in [5.41, 5.74) is -2.17. The van der Waals surface area contributed by atoms with Crippen LogP contribution in [0, 0.1) is 10.8 Å². The molecule has 0 bridgehead atoms. The number of carbonyl (C=O) groups is 4. The quantitative estimate of drug-likeness (QED) is 0.554. The Morgan fingerprint density at radius 1 is 0.682 bits per heavy atom. The molecule has 126 valence electrons. The molecule has 0 aliphatic carbocycles. The van der Waals surface area contributed by atoms with Gasteiger partial charge in [0.2, 0.25) is 0 Å². The minimum Gasteiger partial charge on any atom is -0.546 e. The zero-order chi connectivity index (χ0) is 17.9. The number of rotatable bonds is 5. The molecule has 0 aliphatic rings. The molecular weight excluding hydrogens is 296 g/mol. The van der Waals surface area contributed by atoms with Crippen molar-refractivity contribution in [3.8, 4) is 0 Å². The number of hydrogen-bond acceptors (Lipinski definition) is 8. The smallest absolute Gasteiger partial charge is 0.312 e.